The van der Waals surface area contributed by atoms with Crippen molar-refractivity contribution in [1.82, 2.24) is 25.8 Å². The third-order valence-corrected chi connectivity index (χ3v) is 10.4. The lowest BCUT2D eigenvalue weighted by Gasteiger charge is -2.43. The molecular weight excluding hydrogens is 764 g/mol. The van der Waals surface area contributed by atoms with E-state index in [2.05, 4.69) is 21.7 Å². The summed E-state index contributed by atoms with van der Waals surface area (Å²) in [6, 6.07) is 13.9. The first-order valence-corrected chi connectivity index (χ1v) is 19.3. The Kier molecular flexibility index (Phi) is 18.0. The Morgan fingerprint density at radius 2 is 1.62 bits per heavy atom. The number of unbranched alkanes of at least 4 members (excludes halogenated alkanes) is 2. The van der Waals surface area contributed by atoms with Crippen LogP contribution in [0, 0.1) is 5.41 Å². The molecule has 2 heterocycles. The second kappa shape index (κ2) is 21.9. The number of carboxylic acids is 1. The number of quaternary nitrogens is 1. The van der Waals surface area contributed by atoms with Gasteiger partial charge in [-0.3, -0.25) is 14.4 Å². The number of hydrogen-bond donors (Lipinski definition) is 4. The van der Waals surface area contributed by atoms with Gasteiger partial charge in [0.2, 0.25) is 17.7 Å². The fraction of sp³-hybridized carbons (Fsp3) is 0.553. The molecule has 4 rings (SSSR count). The zero-order valence-electron chi connectivity index (χ0n) is 31.0. The number of likely N-dealkylation sites (tertiary alicyclic amines) is 2. The first-order valence-electron chi connectivity index (χ1n) is 18.6. The number of carboxylic acid groups (broad SMARTS) is 1. The van der Waals surface area contributed by atoms with Gasteiger partial charge in [-0.15, -0.1) is 0 Å². The standard InChI is InChI=1S/C36H50Cl2N6O4.C2HF3O2/c1-2-40-34(47)36(24-26-10-5-3-6-11-26)17-9-19-44(25-36)33(46)31(23-27-13-14-29(37)30(38)22-27)42-35(48)43-20-15-28(16-21-43)41-32(45)12-7-4-8-18-39;3-2(4,5)1(6)7/h3,5-6,10-11,13-14,22,28,31H,2,4,7-9,12,15-21,23-25,39H2,1H3,(H,40,47)(H,41,45)(H,42,48);(H,6,7)/t31-,36+;/m1./s1. The third-order valence-electron chi connectivity index (χ3n) is 9.65. The maximum atomic E-state index is 14.3. The molecule has 0 saturated carbocycles. The molecule has 2 aromatic carbocycles. The molecule has 0 bridgehead atoms. The van der Waals surface area contributed by atoms with Crippen LogP contribution in [0.15, 0.2) is 48.5 Å². The molecule has 2 aliphatic heterocycles. The minimum atomic E-state index is -5.19. The number of amides is 5. The Balaban J connectivity index is 0.00000106. The maximum absolute atomic E-state index is 14.3. The average Bonchev–Trinajstić information content (AvgIpc) is 3.15. The average molecular weight is 816 g/mol. The van der Waals surface area contributed by atoms with Crippen molar-refractivity contribution in [1.29, 1.82) is 0 Å². The van der Waals surface area contributed by atoms with Gasteiger partial charge in [0.05, 0.1) is 22.0 Å². The Labute approximate surface area is 329 Å². The highest BCUT2D eigenvalue weighted by Crippen LogP contribution is 2.35. The number of nitrogens with zero attached hydrogens (tertiary/aromatic N) is 2. The second-order valence-corrected chi connectivity index (χ2v) is 14.7. The van der Waals surface area contributed by atoms with Crippen molar-refractivity contribution < 1.29 is 48.0 Å². The van der Waals surface area contributed by atoms with Crippen molar-refractivity contribution in [3.05, 3.63) is 69.7 Å². The SMILES string of the molecule is CCNC(=O)[C@]1(Cc2ccccc2)CCCN(C(=O)[C@@H](Cc2ccc(Cl)c(Cl)c2)NC(=O)N2CCC(NC(=O)CCCCC[NH3+])CC2)C1.O=C([O-])C(F)(F)F. The van der Waals surface area contributed by atoms with E-state index in [1.807, 2.05) is 37.3 Å². The zero-order valence-corrected chi connectivity index (χ0v) is 32.5. The van der Waals surface area contributed by atoms with E-state index in [-0.39, 0.29) is 42.8 Å². The molecule has 0 aliphatic carbocycles. The zero-order chi connectivity index (χ0) is 40.6. The number of benzene rings is 2. The lowest BCUT2D eigenvalue weighted by molar-refractivity contribution is -0.368. The normalized spacial score (nSPS) is 18.0. The lowest BCUT2D eigenvalue weighted by atomic mass is 9.74. The molecule has 0 unspecified atom stereocenters. The summed E-state index contributed by atoms with van der Waals surface area (Å²) >= 11 is 12.5. The Bertz CT molecular complexity index is 1600. The first kappa shape index (κ1) is 45.3. The minimum Gasteiger partial charge on any atom is -0.542 e. The summed E-state index contributed by atoms with van der Waals surface area (Å²) in [4.78, 5) is 66.2. The van der Waals surface area contributed by atoms with Crippen LogP contribution in [0.2, 0.25) is 10.0 Å². The summed E-state index contributed by atoms with van der Waals surface area (Å²) in [6.07, 6.45) is 1.51. The highest BCUT2D eigenvalue weighted by atomic mass is 35.5. The smallest absolute Gasteiger partial charge is 0.430 e. The highest BCUT2D eigenvalue weighted by molar-refractivity contribution is 6.42. The van der Waals surface area contributed by atoms with E-state index in [1.165, 1.54) is 0 Å². The molecule has 0 radical (unpaired) electrons. The first-order chi connectivity index (χ1) is 26.1. The van der Waals surface area contributed by atoms with E-state index in [0.29, 0.717) is 74.7 Å². The number of urea groups is 1. The van der Waals surface area contributed by atoms with Crippen LogP contribution in [-0.4, -0.2) is 97.1 Å². The predicted octanol–water partition coefficient (Wildman–Crippen LogP) is 3.28. The van der Waals surface area contributed by atoms with Crippen molar-refractivity contribution in [2.75, 3.05) is 39.3 Å². The van der Waals surface area contributed by atoms with Crippen molar-refractivity contribution in [3.8, 4) is 0 Å². The molecule has 2 fully saturated rings. The number of carbonyl (C=O) groups is 5. The van der Waals surface area contributed by atoms with E-state index >= 15 is 0 Å². The second-order valence-electron chi connectivity index (χ2n) is 13.9. The van der Waals surface area contributed by atoms with Gasteiger partial charge in [0, 0.05) is 51.6 Å². The van der Waals surface area contributed by atoms with Crippen LogP contribution < -0.4 is 26.8 Å². The van der Waals surface area contributed by atoms with Gasteiger partial charge in [-0.05, 0) is 81.5 Å². The predicted molar refractivity (Wildman–Crippen MR) is 200 cm³/mol. The van der Waals surface area contributed by atoms with Gasteiger partial charge in [0.15, 0.2) is 0 Å². The molecule has 12 nitrogen and oxygen atoms in total. The van der Waals surface area contributed by atoms with Crippen LogP contribution in [0.5, 0.6) is 0 Å². The molecule has 2 atom stereocenters. The third kappa shape index (κ3) is 14.5. The summed E-state index contributed by atoms with van der Waals surface area (Å²) < 4.78 is 31.5. The summed E-state index contributed by atoms with van der Waals surface area (Å²) in [7, 11) is 0. The van der Waals surface area contributed by atoms with E-state index in [1.54, 1.807) is 28.0 Å². The van der Waals surface area contributed by atoms with Crippen LogP contribution in [0.4, 0.5) is 18.0 Å². The van der Waals surface area contributed by atoms with E-state index in [0.717, 1.165) is 36.9 Å². The monoisotopic (exact) mass is 814 g/mol. The molecule has 2 aliphatic rings. The number of nitrogens with one attached hydrogen (secondary N) is 3. The Morgan fingerprint density at radius 3 is 2.22 bits per heavy atom. The fourth-order valence-electron chi connectivity index (χ4n) is 6.79. The molecule has 17 heteroatoms. The van der Waals surface area contributed by atoms with Crippen molar-refractivity contribution in [2.45, 2.75) is 89.4 Å². The number of hydrogen-bond acceptors (Lipinski definition) is 6. The summed E-state index contributed by atoms with van der Waals surface area (Å²) in [6.45, 7) is 4.94. The van der Waals surface area contributed by atoms with E-state index in [4.69, 9.17) is 33.1 Å². The topological polar surface area (TPSA) is 179 Å². The Hall–Kier alpha value is -4.08. The number of piperidine rings is 2. The van der Waals surface area contributed by atoms with Crippen molar-refractivity contribution >= 4 is 52.9 Å². The van der Waals surface area contributed by atoms with Gasteiger partial charge >= 0.3 is 12.2 Å². The van der Waals surface area contributed by atoms with Gasteiger partial charge in [-0.2, -0.15) is 13.2 Å². The Morgan fingerprint density at radius 1 is 0.945 bits per heavy atom. The van der Waals surface area contributed by atoms with Crippen LogP contribution in [0.25, 0.3) is 0 Å². The van der Waals surface area contributed by atoms with Crippen LogP contribution in [-0.2, 0) is 32.0 Å². The number of halogens is 5. The molecular formula is C38H51Cl2F3N6O6. The lowest BCUT2D eigenvalue weighted by Crippen LogP contribution is -2.59. The van der Waals surface area contributed by atoms with Crippen LogP contribution in [0.1, 0.15) is 69.4 Å². The van der Waals surface area contributed by atoms with Crippen LogP contribution in [0.3, 0.4) is 0 Å². The summed E-state index contributed by atoms with van der Waals surface area (Å²) in [5, 5.41) is 18.7. The number of rotatable bonds is 14. The molecule has 0 aromatic heterocycles. The van der Waals surface area contributed by atoms with Gasteiger partial charge in [0.25, 0.3) is 0 Å². The molecule has 55 heavy (non-hydrogen) atoms. The quantitative estimate of drug-likeness (QED) is 0.213. The van der Waals surface area contributed by atoms with Crippen LogP contribution >= 0.6 is 23.2 Å². The maximum Gasteiger partial charge on any atom is 0.430 e. The van der Waals surface area contributed by atoms with Gasteiger partial charge in [-0.1, -0.05) is 59.6 Å². The fourth-order valence-corrected chi connectivity index (χ4v) is 7.11. The van der Waals surface area contributed by atoms with E-state index < -0.39 is 23.6 Å². The molecule has 5 amide bonds. The molecule has 2 saturated heterocycles. The summed E-state index contributed by atoms with van der Waals surface area (Å²) in [5.41, 5.74) is 4.85. The van der Waals surface area contributed by atoms with E-state index in [9.17, 15) is 32.3 Å². The molecule has 2 aromatic rings. The number of aliphatic carboxylic acids is 1. The van der Waals surface area contributed by atoms with Gasteiger partial charge in [-0.25, -0.2) is 4.79 Å². The highest BCUT2D eigenvalue weighted by Gasteiger charge is 2.44. The minimum absolute atomic E-state index is 0.0170. The van der Waals surface area contributed by atoms with Gasteiger partial charge < -0.3 is 41.4 Å². The van der Waals surface area contributed by atoms with Gasteiger partial charge in [0.1, 0.15) is 12.0 Å². The summed E-state index contributed by atoms with van der Waals surface area (Å²) in [5.74, 6) is -3.26. The molecule has 6 N–H and O–H groups in total. The van der Waals surface area contributed by atoms with Crippen molar-refractivity contribution in [3.63, 3.8) is 0 Å². The number of carbonyl (C=O) groups excluding carboxylic acids is 5. The largest absolute Gasteiger partial charge is 0.542 e. The molecule has 0 spiro atoms. The number of alkyl halides is 3. The van der Waals surface area contributed by atoms with Crippen molar-refractivity contribution in [2.24, 2.45) is 5.41 Å². The molecule has 304 valence electrons.